The van der Waals surface area contributed by atoms with E-state index >= 15 is 0 Å². The first-order valence-electron chi connectivity index (χ1n) is 6.50. The number of halogens is 1. The SMILES string of the molecule is OC(c1cc(Cl)cc2c1OCC2)C1CCCCO1. The molecule has 1 saturated heterocycles. The quantitative estimate of drug-likeness (QED) is 0.896. The van der Waals surface area contributed by atoms with E-state index < -0.39 is 6.10 Å². The Balaban J connectivity index is 1.91. The van der Waals surface area contributed by atoms with E-state index in [2.05, 4.69) is 0 Å². The molecule has 0 aliphatic carbocycles. The highest BCUT2D eigenvalue weighted by atomic mass is 35.5. The molecule has 0 amide bonds. The Kier molecular flexibility index (Phi) is 3.46. The summed E-state index contributed by atoms with van der Waals surface area (Å²) in [6, 6.07) is 3.72. The maximum Gasteiger partial charge on any atom is 0.128 e. The van der Waals surface area contributed by atoms with Gasteiger partial charge in [-0.3, -0.25) is 0 Å². The van der Waals surface area contributed by atoms with Gasteiger partial charge in [0.25, 0.3) is 0 Å². The van der Waals surface area contributed by atoms with Crippen molar-refractivity contribution in [3.63, 3.8) is 0 Å². The lowest BCUT2D eigenvalue weighted by atomic mass is 9.96. The summed E-state index contributed by atoms with van der Waals surface area (Å²) in [5.41, 5.74) is 1.87. The van der Waals surface area contributed by atoms with Crippen molar-refractivity contribution in [3.05, 3.63) is 28.3 Å². The minimum Gasteiger partial charge on any atom is -0.493 e. The summed E-state index contributed by atoms with van der Waals surface area (Å²) in [5.74, 6) is 0.807. The third-order valence-corrected chi connectivity index (χ3v) is 3.88. The Morgan fingerprint density at radius 2 is 2.17 bits per heavy atom. The van der Waals surface area contributed by atoms with Crippen LogP contribution in [0.25, 0.3) is 0 Å². The summed E-state index contributed by atoms with van der Waals surface area (Å²) in [5, 5.41) is 11.1. The third kappa shape index (κ3) is 2.22. The summed E-state index contributed by atoms with van der Waals surface area (Å²) in [7, 11) is 0. The number of aliphatic hydroxyl groups is 1. The molecule has 2 heterocycles. The van der Waals surface area contributed by atoms with Gasteiger partial charge in [0.15, 0.2) is 0 Å². The average Bonchev–Trinajstić information content (AvgIpc) is 2.86. The molecule has 4 heteroatoms. The smallest absolute Gasteiger partial charge is 0.128 e. The molecule has 2 aliphatic heterocycles. The number of aliphatic hydroxyl groups excluding tert-OH is 1. The predicted molar refractivity (Wildman–Crippen MR) is 69.2 cm³/mol. The van der Waals surface area contributed by atoms with Crippen molar-refractivity contribution in [3.8, 4) is 5.75 Å². The van der Waals surface area contributed by atoms with Crippen LogP contribution >= 0.6 is 11.6 Å². The van der Waals surface area contributed by atoms with E-state index in [0.29, 0.717) is 11.6 Å². The fourth-order valence-corrected chi connectivity index (χ4v) is 2.98. The molecule has 1 aromatic carbocycles. The van der Waals surface area contributed by atoms with Crippen molar-refractivity contribution in [1.29, 1.82) is 0 Å². The zero-order valence-corrected chi connectivity index (χ0v) is 10.9. The molecule has 2 aliphatic rings. The van der Waals surface area contributed by atoms with Crippen LogP contribution in [0.4, 0.5) is 0 Å². The molecule has 2 atom stereocenters. The van der Waals surface area contributed by atoms with Crippen LogP contribution in [0, 0.1) is 0 Å². The van der Waals surface area contributed by atoms with Crippen LogP contribution in [-0.2, 0) is 11.2 Å². The van der Waals surface area contributed by atoms with E-state index in [1.54, 1.807) is 6.07 Å². The number of fused-ring (bicyclic) bond motifs is 1. The van der Waals surface area contributed by atoms with E-state index in [0.717, 1.165) is 49.2 Å². The molecule has 0 bridgehead atoms. The molecule has 1 aromatic rings. The fourth-order valence-electron chi connectivity index (χ4n) is 2.73. The number of benzene rings is 1. The van der Waals surface area contributed by atoms with Gasteiger partial charge in [-0.05, 0) is 37.0 Å². The first kappa shape index (κ1) is 12.3. The van der Waals surface area contributed by atoms with Crippen LogP contribution in [0.2, 0.25) is 5.02 Å². The molecule has 0 radical (unpaired) electrons. The van der Waals surface area contributed by atoms with Crippen molar-refractivity contribution in [2.24, 2.45) is 0 Å². The van der Waals surface area contributed by atoms with Gasteiger partial charge in [-0.25, -0.2) is 0 Å². The van der Waals surface area contributed by atoms with E-state index in [-0.39, 0.29) is 6.10 Å². The molecule has 18 heavy (non-hydrogen) atoms. The van der Waals surface area contributed by atoms with Crippen molar-refractivity contribution >= 4 is 11.6 Å². The van der Waals surface area contributed by atoms with Gasteiger partial charge in [0.1, 0.15) is 11.9 Å². The van der Waals surface area contributed by atoms with Crippen molar-refractivity contribution in [2.75, 3.05) is 13.2 Å². The molecule has 0 saturated carbocycles. The minimum absolute atomic E-state index is 0.134. The predicted octanol–water partition coefficient (Wildman–Crippen LogP) is 2.88. The average molecular weight is 269 g/mol. The van der Waals surface area contributed by atoms with Gasteiger partial charge in [-0.2, -0.15) is 0 Å². The largest absolute Gasteiger partial charge is 0.493 e. The maximum atomic E-state index is 10.5. The van der Waals surface area contributed by atoms with Crippen molar-refractivity contribution < 1.29 is 14.6 Å². The Morgan fingerprint density at radius 3 is 2.94 bits per heavy atom. The lowest BCUT2D eigenvalue weighted by Gasteiger charge is -2.28. The van der Waals surface area contributed by atoms with Crippen LogP contribution in [0.3, 0.4) is 0 Å². The summed E-state index contributed by atoms with van der Waals surface area (Å²) in [4.78, 5) is 0. The Morgan fingerprint density at radius 1 is 1.28 bits per heavy atom. The Bertz CT molecular complexity index is 441. The zero-order chi connectivity index (χ0) is 12.5. The summed E-state index contributed by atoms with van der Waals surface area (Å²) >= 11 is 6.10. The van der Waals surface area contributed by atoms with Crippen LogP contribution in [0.5, 0.6) is 5.75 Å². The van der Waals surface area contributed by atoms with E-state index in [9.17, 15) is 5.11 Å². The monoisotopic (exact) mass is 268 g/mol. The van der Waals surface area contributed by atoms with Gasteiger partial charge >= 0.3 is 0 Å². The minimum atomic E-state index is -0.643. The molecule has 0 aromatic heterocycles. The third-order valence-electron chi connectivity index (χ3n) is 3.66. The van der Waals surface area contributed by atoms with E-state index in [1.807, 2.05) is 6.07 Å². The molecule has 1 fully saturated rings. The lowest BCUT2D eigenvalue weighted by Crippen LogP contribution is -2.26. The second-order valence-corrected chi connectivity index (χ2v) is 5.37. The number of hydrogen-bond acceptors (Lipinski definition) is 3. The molecule has 3 nitrogen and oxygen atoms in total. The molecular weight excluding hydrogens is 252 g/mol. The van der Waals surface area contributed by atoms with Gasteiger partial charge in [-0.15, -0.1) is 0 Å². The lowest BCUT2D eigenvalue weighted by molar-refractivity contribution is -0.0639. The van der Waals surface area contributed by atoms with Gasteiger partial charge in [0.05, 0.1) is 12.7 Å². The summed E-state index contributed by atoms with van der Waals surface area (Å²) in [6.07, 6.45) is 3.16. The standard InChI is InChI=1S/C14H17ClO3/c15-10-7-9-4-6-18-14(9)11(8-10)13(16)12-3-1-2-5-17-12/h7-8,12-13,16H,1-6H2. The highest BCUT2D eigenvalue weighted by molar-refractivity contribution is 6.30. The molecular formula is C14H17ClO3. The van der Waals surface area contributed by atoms with E-state index in [1.165, 1.54) is 0 Å². The normalized spacial score (nSPS) is 24.4. The summed E-state index contributed by atoms with van der Waals surface area (Å²) in [6.45, 7) is 1.40. The van der Waals surface area contributed by atoms with Crippen molar-refractivity contribution in [1.82, 2.24) is 0 Å². The van der Waals surface area contributed by atoms with Gasteiger partial charge in [-0.1, -0.05) is 11.6 Å². The Labute approximate surface area is 112 Å². The van der Waals surface area contributed by atoms with Crippen molar-refractivity contribution in [2.45, 2.75) is 37.9 Å². The van der Waals surface area contributed by atoms with Crippen LogP contribution in [-0.4, -0.2) is 24.4 Å². The second kappa shape index (κ2) is 5.08. The summed E-state index contributed by atoms with van der Waals surface area (Å²) < 4.78 is 11.3. The molecule has 98 valence electrons. The van der Waals surface area contributed by atoms with E-state index in [4.69, 9.17) is 21.1 Å². The van der Waals surface area contributed by atoms with Crippen LogP contribution in [0.1, 0.15) is 36.5 Å². The fraction of sp³-hybridized carbons (Fsp3) is 0.571. The number of rotatable bonds is 2. The highest BCUT2D eigenvalue weighted by Gasteiger charge is 2.29. The number of hydrogen-bond donors (Lipinski definition) is 1. The first-order chi connectivity index (χ1) is 8.75. The van der Waals surface area contributed by atoms with Gasteiger partial charge in [0.2, 0.25) is 0 Å². The van der Waals surface area contributed by atoms with Crippen LogP contribution < -0.4 is 4.74 Å². The highest BCUT2D eigenvalue weighted by Crippen LogP contribution is 2.39. The molecule has 2 unspecified atom stereocenters. The zero-order valence-electron chi connectivity index (χ0n) is 10.2. The topological polar surface area (TPSA) is 38.7 Å². The Hall–Kier alpha value is -0.770. The van der Waals surface area contributed by atoms with Gasteiger partial charge in [0, 0.05) is 23.6 Å². The second-order valence-electron chi connectivity index (χ2n) is 4.93. The molecule has 1 N–H and O–H groups in total. The molecule has 0 spiro atoms. The molecule has 3 rings (SSSR count). The number of ether oxygens (including phenoxy) is 2. The first-order valence-corrected chi connectivity index (χ1v) is 6.88. The maximum absolute atomic E-state index is 10.5. The van der Waals surface area contributed by atoms with Gasteiger partial charge < -0.3 is 14.6 Å². The van der Waals surface area contributed by atoms with Crippen LogP contribution in [0.15, 0.2) is 12.1 Å².